The summed E-state index contributed by atoms with van der Waals surface area (Å²) in [5.41, 5.74) is 7.42. The first-order valence-corrected chi connectivity index (χ1v) is 7.23. The molecule has 0 fully saturated rings. The van der Waals surface area contributed by atoms with Crippen LogP contribution in [0.5, 0.6) is 5.75 Å². The van der Waals surface area contributed by atoms with E-state index in [2.05, 4.69) is 5.32 Å². The second-order valence-electron chi connectivity index (χ2n) is 4.81. The molecule has 6 heteroatoms. The lowest BCUT2D eigenvalue weighted by Gasteiger charge is -2.28. The maximum atomic E-state index is 13.9. The second kappa shape index (κ2) is 5.72. The Morgan fingerprint density at radius 3 is 2.81 bits per heavy atom. The number of nitrogens with two attached hydrogens (primary N) is 1. The molecule has 21 heavy (non-hydrogen) atoms. The van der Waals surface area contributed by atoms with Crippen molar-refractivity contribution in [2.75, 3.05) is 18.4 Å². The molecule has 0 amide bonds. The molecule has 0 aliphatic carbocycles. The maximum Gasteiger partial charge on any atom is 0.151 e. The smallest absolute Gasteiger partial charge is 0.151 e. The van der Waals surface area contributed by atoms with Crippen molar-refractivity contribution in [1.82, 2.24) is 0 Å². The van der Waals surface area contributed by atoms with Crippen molar-refractivity contribution in [3.8, 4) is 16.9 Å². The topological polar surface area (TPSA) is 47.3 Å². The van der Waals surface area contributed by atoms with Gasteiger partial charge in [-0.1, -0.05) is 23.2 Å². The minimum atomic E-state index is -0.373. The van der Waals surface area contributed by atoms with E-state index in [-0.39, 0.29) is 11.9 Å². The van der Waals surface area contributed by atoms with Gasteiger partial charge in [0, 0.05) is 33.8 Å². The average molecular weight is 327 g/mol. The SMILES string of the molecule is NCC1CNc2cc(F)cc(-c3cc(Cl)ccc3Cl)c2O1. The molecule has 0 bridgehead atoms. The highest BCUT2D eigenvalue weighted by Crippen LogP contribution is 2.43. The molecule has 0 radical (unpaired) electrons. The second-order valence-corrected chi connectivity index (χ2v) is 5.65. The summed E-state index contributed by atoms with van der Waals surface area (Å²) in [5, 5.41) is 4.13. The fourth-order valence-corrected chi connectivity index (χ4v) is 2.71. The zero-order valence-electron chi connectivity index (χ0n) is 11.0. The molecule has 1 heterocycles. The number of benzene rings is 2. The normalized spacial score (nSPS) is 16.9. The van der Waals surface area contributed by atoms with Gasteiger partial charge in [0.05, 0.1) is 12.2 Å². The Labute approximate surface area is 131 Å². The zero-order valence-corrected chi connectivity index (χ0v) is 12.5. The number of anilines is 1. The molecule has 3 N–H and O–H groups in total. The number of rotatable bonds is 2. The molecule has 2 aromatic rings. The van der Waals surface area contributed by atoms with Gasteiger partial charge in [0.25, 0.3) is 0 Å². The lowest BCUT2D eigenvalue weighted by atomic mass is 10.0. The molecule has 1 atom stereocenters. The van der Waals surface area contributed by atoms with Gasteiger partial charge >= 0.3 is 0 Å². The van der Waals surface area contributed by atoms with Crippen LogP contribution in [0.25, 0.3) is 11.1 Å². The third kappa shape index (κ3) is 2.79. The van der Waals surface area contributed by atoms with Gasteiger partial charge in [-0.15, -0.1) is 0 Å². The average Bonchev–Trinajstić information content (AvgIpc) is 2.48. The van der Waals surface area contributed by atoms with E-state index in [4.69, 9.17) is 33.7 Å². The summed E-state index contributed by atoms with van der Waals surface area (Å²) in [7, 11) is 0. The van der Waals surface area contributed by atoms with E-state index < -0.39 is 0 Å². The third-order valence-electron chi connectivity index (χ3n) is 3.34. The summed E-state index contributed by atoms with van der Waals surface area (Å²) >= 11 is 12.2. The van der Waals surface area contributed by atoms with Gasteiger partial charge in [-0.3, -0.25) is 0 Å². The summed E-state index contributed by atoms with van der Waals surface area (Å²) in [6.07, 6.45) is -0.167. The Bertz CT molecular complexity index is 694. The van der Waals surface area contributed by atoms with E-state index in [1.807, 2.05) is 0 Å². The zero-order chi connectivity index (χ0) is 15.0. The molecule has 1 aliphatic rings. The molecule has 1 aliphatic heterocycles. The molecule has 0 saturated heterocycles. The Balaban J connectivity index is 2.18. The summed E-state index contributed by atoms with van der Waals surface area (Å²) in [5.74, 6) is 0.171. The first-order valence-electron chi connectivity index (χ1n) is 6.48. The van der Waals surface area contributed by atoms with Crippen LogP contribution in [0.4, 0.5) is 10.1 Å². The Kier molecular flexibility index (Phi) is 3.93. The van der Waals surface area contributed by atoms with Gasteiger partial charge in [-0.2, -0.15) is 0 Å². The van der Waals surface area contributed by atoms with Crippen LogP contribution < -0.4 is 15.8 Å². The van der Waals surface area contributed by atoms with Crippen LogP contribution in [0.2, 0.25) is 10.0 Å². The number of hydrogen-bond donors (Lipinski definition) is 2. The van der Waals surface area contributed by atoms with E-state index in [0.717, 1.165) is 0 Å². The molecule has 0 aromatic heterocycles. The first kappa shape index (κ1) is 14.4. The Morgan fingerprint density at radius 2 is 2.05 bits per heavy atom. The molecule has 2 aromatic carbocycles. The van der Waals surface area contributed by atoms with Gasteiger partial charge in [-0.05, 0) is 24.3 Å². The minimum absolute atomic E-state index is 0.167. The molecule has 0 saturated carbocycles. The Hall–Kier alpha value is -1.49. The highest BCUT2D eigenvalue weighted by Gasteiger charge is 2.23. The van der Waals surface area contributed by atoms with Crippen LogP contribution in [0.3, 0.4) is 0 Å². The fraction of sp³-hybridized carbons (Fsp3) is 0.200. The number of ether oxygens (including phenoxy) is 1. The van der Waals surface area contributed by atoms with E-state index in [1.54, 1.807) is 18.2 Å². The van der Waals surface area contributed by atoms with Crippen molar-refractivity contribution in [3.05, 3.63) is 46.2 Å². The molecule has 110 valence electrons. The van der Waals surface area contributed by atoms with Crippen molar-refractivity contribution in [3.63, 3.8) is 0 Å². The van der Waals surface area contributed by atoms with Gasteiger partial charge in [0.2, 0.25) is 0 Å². The molecular formula is C15H13Cl2FN2O. The number of fused-ring (bicyclic) bond motifs is 1. The van der Waals surface area contributed by atoms with E-state index >= 15 is 0 Å². The number of nitrogens with one attached hydrogen (secondary N) is 1. The van der Waals surface area contributed by atoms with Gasteiger partial charge < -0.3 is 15.8 Å². The fourth-order valence-electron chi connectivity index (χ4n) is 2.32. The lowest BCUT2D eigenvalue weighted by Crippen LogP contribution is -2.37. The minimum Gasteiger partial charge on any atom is -0.484 e. The number of halogens is 3. The van der Waals surface area contributed by atoms with E-state index in [0.29, 0.717) is 45.7 Å². The van der Waals surface area contributed by atoms with Crippen molar-refractivity contribution in [2.24, 2.45) is 5.73 Å². The molecule has 1 unspecified atom stereocenters. The summed E-state index contributed by atoms with van der Waals surface area (Å²) in [6, 6.07) is 7.82. The van der Waals surface area contributed by atoms with Gasteiger partial charge in [0.1, 0.15) is 11.9 Å². The Morgan fingerprint density at radius 1 is 1.24 bits per heavy atom. The predicted molar refractivity (Wildman–Crippen MR) is 83.8 cm³/mol. The summed E-state index contributed by atoms with van der Waals surface area (Å²) in [6.45, 7) is 0.905. The quantitative estimate of drug-likeness (QED) is 0.878. The monoisotopic (exact) mass is 326 g/mol. The lowest BCUT2D eigenvalue weighted by molar-refractivity contribution is 0.215. The molecule has 3 nitrogen and oxygen atoms in total. The van der Waals surface area contributed by atoms with Crippen molar-refractivity contribution in [1.29, 1.82) is 0 Å². The van der Waals surface area contributed by atoms with Gasteiger partial charge in [0.15, 0.2) is 5.75 Å². The first-order chi connectivity index (χ1) is 10.1. The molecule has 3 rings (SSSR count). The highest BCUT2D eigenvalue weighted by molar-refractivity contribution is 6.35. The summed E-state index contributed by atoms with van der Waals surface area (Å²) in [4.78, 5) is 0. The van der Waals surface area contributed by atoms with Crippen LogP contribution in [-0.4, -0.2) is 19.2 Å². The van der Waals surface area contributed by atoms with Crippen molar-refractivity contribution >= 4 is 28.9 Å². The van der Waals surface area contributed by atoms with Crippen molar-refractivity contribution in [2.45, 2.75) is 6.10 Å². The number of hydrogen-bond acceptors (Lipinski definition) is 3. The van der Waals surface area contributed by atoms with Crippen LogP contribution >= 0.6 is 23.2 Å². The van der Waals surface area contributed by atoms with Gasteiger partial charge in [-0.25, -0.2) is 4.39 Å². The van der Waals surface area contributed by atoms with Crippen molar-refractivity contribution < 1.29 is 9.13 Å². The largest absolute Gasteiger partial charge is 0.484 e. The highest BCUT2D eigenvalue weighted by atomic mass is 35.5. The molecular weight excluding hydrogens is 314 g/mol. The third-order valence-corrected chi connectivity index (χ3v) is 3.90. The molecule has 0 spiro atoms. The van der Waals surface area contributed by atoms with E-state index in [1.165, 1.54) is 12.1 Å². The van der Waals surface area contributed by atoms with Crippen LogP contribution in [0, 0.1) is 5.82 Å². The van der Waals surface area contributed by atoms with Crippen LogP contribution in [0.1, 0.15) is 0 Å². The van der Waals surface area contributed by atoms with Crippen LogP contribution in [0.15, 0.2) is 30.3 Å². The standard InChI is InChI=1S/C15H13Cl2FN2O/c16-8-1-2-13(17)11(3-8)12-4-9(18)5-14-15(12)21-10(6-19)7-20-14/h1-5,10,20H,6-7,19H2. The summed E-state index contributed by atoms with van der Waals surface area (Å²) < 4.78 is 19.7. The predicted octanol–water partition coefficient (Wildman–Crippen LogP) is 3.93. The van der Waals surface area contributed by atoms with E-state index in [9.17, 15) is 4.39 Å². The van der Waals surface area contributed by atoms with Crippen LogP contribution in [-0.2, 0) is 0 Å². The maximum absolute atomic E-state index is 13.9.